The largest absolute Gasteiger partial charge is 0.298 e. The van der Waals surface area contributed by atoms with Gasteiger partial charge in [0.2, 0.25) is 0 Å². The highest BCUT2D eigenvalue weighted by Gasteiger charge is 2.10. The highest BCUT2D eigenvalue weighted by molar-refractivity contribution is 5.77. The Morgan fingerprint density at radius 1 is 1.04 bits per heavy atom. The molecule has 26 heavy (non-hydrogen) atoms. The lowest BCUT2D eigenvalue weighted by Gasteiger charge is -2.06. The summed E-state index contributed by atoms with van der Waals surface area (Å²) in [6.45, 7) is 0. The Kier molecular flexibility index (Phi) is 3.75. The summed E-state index contributed by atoms with van der Waals surface area (Å²) in [5, 5.41) is 8.92. The van der Waals surface area contributed by atoms with E-state index in [1.165, 1.54) is 12.1 Å². The average Bonchev–Trinajstić information content (AvgIpc) is 3.11. The predicted molar refractivity (Wildman–Crippen MR) is 93.9 cm³/mol. The third-order valence-electron chi connectivity index (χ3n) is 4.13. The summed E-state index contributed by atoms with van der Waals surface area (Å²) < 4.78 is 15.8. The van der Waals surface area contributed by atoms with E-state index in [1.807, 2.05) is 16.5 Å². The van der Waals surface area contributed by atoms with Gasteiger partial charge in [0.1, 0.15) is 5.82 Å². The summed E-state index contributed by atoms with van der Waals surface area (Å²) in [6, 6.07) is 13.6. The van der Waals surface area contributed by atoms with Crippen LogP contribution in [0.1, 0.15) is 15.9 Å². The number of benzene rings is 2. The van der Waals surface area contributed by atoms with Gasteiger partial charge in [-0.1, -0.05) is 18.2 Å². The maximum atomic E-state index is 13.9. The van der Waals surface area contributed by atoms with Crippen LogP contribution in [0.25, 0.3) is 28.2 Å². The third-order valence-corrected chi connectivity index (χ3v) is 4.13. The van der Waals surface area contributed by atoms with E-state index < -0.39 is 5.82 Å². The van der Waals surface area contributed by atoms with Crippen molar-refractivity contribution in [1.82, 2.24) is 14.4 Å². The van der Waals surface area contributed by atoms with E-state index in [4.69, 9.17) is 5.26 Å². The maximum absolute atomic E-state index is 13.9. The van der Waals surface area contributed by atoms with E-state index in [2.05, 4.69) is 16.0 Å². The number of rotatable bonds is 3. The van der Waals surface area contributed by atoms with Crippen LogP contribution in [0.2, 0.25) is 0 Å². The van der Waals surface area contributed by atoms with Gasteiger partial charge in [0.05, 0.1) is 41.0 Å². The first-order valence-electron chi connectivity index (χ1n) is 7.78. The molecule has 4 aromatic rings. The minimum atomic E-state index is -0.586. The molecule has 0 aliphatic heterocycles. The van der Waals surface area contributed by atoms with Crippen molar-refractivity contribution in [3.63, 3.8) is 0 Å². The van der Waals surface area contributed by atoms with Gasteiger partial charge < -0.3 is 0 Å². The van der Waals surface area contributed by atoms with Gasteiger partial charge >= 0.3 is 0 Å². The van der Waals surface area contributed by atoms with Crippen LogP contribution < -0.4 is 0 Å². The molecule has 0 fully saturated rings. The smallest absolute Gasteiger partial charge is 0.155 e. The van der Waals surface area contributed by atoms with Gasteiger partial charge in [-0.25, -0.2) is 9.37 Å². The lowest BCUT2D eigenvalue weighted by Crippen LogP contribution is -1.94. The van der Waals surface area contributed by atoms with Crippen LogP contribution in [-0.2, 0) is 0 Å². The first kappa shape index (κ1) is 15.7. The Morgan fingerprint density at radius 3 is 2.50 bits per heavy atom. The second-order valence-electron chi connectivity index (χ2n) is 5.69. The molecule has 5 nitrogen and oxygen atoms in total. The number of aldehydes is 1. The molecule has 0 aliphatic rings. The van der Waals surface area contributed by atoms with Gasteiger partial charge in [-0.3, -0.25) is 14.2 Å². The van der Waals surface area contributed by atoms with E-state index in [0.29, 0.717) is 28.8 Å². The lowest BCUT2D eigenvalue weighted by molar-refractivity contribution is 0.112. The van der Waals surface area contributed by atoms with Gasteiger partial charge in [0, 0.05) is 17.3 Å². The first-order chi connectivity index (χ1) is 12.7. The summed E-state index contributed by atoms with van der Waals surface area (Å²) in [7, 11) is 0. The van der Waals surface area contributed by atoms with Crippen LogP contribution in [0.5, 0.6) is 0 Å². The van der Waals surface area contributed by atoms with E-state index in [1.54, 1.807) is 36.8 Å². The monoisotopic (exact) mass is 342 g/mol. The molecule has 0 spiro atoms. The minimum absolute atomic E-state index is 0.00994. The van der Waals surface area contributed by atoms with Crippen molar-refractivity contribution in [2.45, 2.75) is 0 Å². The van der Waals surface area contributed by atoms with Crippen molar-refractivity contribution in [3.8, 4) is 28.6 Å². The number of hydrogen-bond acceptors (Lipinski definition) is 4. The van der Waals surface area contributed by atoms with E-state index >= 15 is 0 Å². The van der Waals surface area contributed by atoms with Crippen molar-refractivity contribution >= 4 is 11.9 Å². The summed E-state index contributed by atoms with van der Waals surface area (Å²) in [6.07, 6.45) is 5.58. The van der Waals surface area contributed by atoms with E-state index in [0.717, 1.165) is 11.3 Å². The number of nitrogens with zero attached hydrogens (tertiary/aromatic N) is 4. The van der Waals surface area contributed by atoms with Gasteiger partial charge in [-0.15, -0.1) is 0 Å². The Morgan fingerprint density at radius 2 is 1.81 bits per heavy atom. The second-order valence-corrected chi connectivity index (χ2v) is 5.69. The number of carbonyl (C=O) groups excluding carboxylic acids is 1. The van der Waals surface area contributed by atoms with E-state index in [9.17, 15) is 9.18 Å². The average molecular weight is 342 g/mol. The van der Waals surface area contributed by atoms with Crippen LogP contribution >= 0.6 is 0 Å². The predicted octanol–water partition coefficient (Wildman–Crippen LogP) is 3.89. The number of aromatic nitrogens is 3. The summed E-state index contributed by atoms with van der Waals surface area (Å²) in [4.78, 5) is 19.4. The number of hydrogen-bond donors (Lipinski definition) is 0. The number of carbonyl (C=O) groups is 1. The molecule has 124 valence electrons. The normalized spacial score (nSPS) is 10.6. The molecule has 0 amide bonds. The molecule has 2 aromatic carbocycles. The molecule has 0 radical (unpaired) electrons. The molecular weight excluding hydrogens is 331 g/mol. The fourth-order valence-electron chi connectivity index (χ4n) is 2.75. The Bertz CT molecular complexity index is 1170. The molecule has 0 aliphatic carbocycles. The molecule has 4 rings (SSSR count). The number of imidazole rings is 1. The molecule has 0 unspecified atom stereocenters. The molecule has 0 N–H and O–H groups in total. The van der Waals surface area contributed by atoms with Crippen molar-refractivity contribution in [1.29, 1.82) is 5.26 Å². The Balaban J connectivity index is 1.83. The fourth-order valence-corrected chi connectivity index (χ4v) is 2.75. The number of halogens is 1. The van der Waals surface area contributed by atoms with Crippen molar-refractivity contribution in [2.75, 3.05) is 0 Å². The third kappa shape index (κ3) is 2.62. The molecule has 0 atom stereocenters. The first-order valence-corrected chi connectivity index (χ1v) is 7.78. The molecule has 6 heteroatoms. The second kappa shape index (κ2) is 6.22. The topological polar surface area (TPSA) is 71.0 Å². The highest BCUT2D eigenvalue weighted by atomic mass is 19.1. The van der Waals surface area contributed by atoms with Crippen LogP contribution in [0.15, 0.2) is 61.1 Å². The fraction of sp³-hybridized carbons (Fsp3) is 0. The van der Waals surface area contributed by atoms with Crippen molar-refractivity contribution in [2.24, 2.45) is 0 Å². The van der Waals surface area contributed by atoms with E-state index in [-0.39, 0.29) is 5.56 Å². The molecule has 0 saturated heterocycles. The van der Waals surface area contributed by atoms with Crippen molar-refractivity contribution in [3.05, 3.63) is 78.0 Å². The molecule has 0 bridgehead atoms. The number of fused-ring (bicyclic) bond motifs is 1. The lowest BCUT2D eigenvalue weighted by atomic mass is 10.1. The van der Waals surface area contributed by atoms with Gasteiger partial charge in [-0.2, -0.15) is 5.26 Å². The van der Waals surface area contributed by atoms with Gasteiger partial charge in [0.15, 0.2) is 11.9 Å². The molecule has 2 heterocycles. The quantitative estimate of drug-likeness (QED) is 0.530. The number of nitriles is 1. The standard InChI is InChI=1S/C20H11FN4O/c21-17-7-15(5-6-16(17)12-26)18-11-25-19(9-24-20(25)10-23-18)14-3-1-13(8-22)2-4-14/h1-7,9-12H. The zero-order valence-electron chi connectivity index (χ0n) is 13.4. The summed E-state index contributed by atoms with van der Waals surface area (Å²) in [5.74, 6) is -0.586. The van der Waals surface area contributed by atoms with Crippen LogP contribution in [0.3, 0.4) is 0 Å². The zero-order chi connectivity index (χ0) is 18.1. The SMILES string of the molecule is N#Cc1ccc(-c2cnc3cnc(-c4ccc(C=O)c(F)c4)cn23)cc1. The Hall–Kier alpha value is -3.85. The van der Waals surface area contributed by atoms with Crippen molar-refractivity contribution < 1.29 is 9.18 Å². The highest BCUT2D eigenvalue weighted by Crippen LogP contribution is 2.25. The van der Waals surface area contributed by atoms with Gasteiger partial charge in [-0.05, 0) is 24.3 Å². The van der Waals surface area contributed by atoms with Gasteiger partial charge in [0.25, 0.3) is 0 Å². The van der Waals surface area contributed by atoms with Crippen LogP contribution in [0, 0.1) is 17.1 Å². The Labute approximate surface area is 148 Å². The van der Waals surface area contributed by atoms with Crippen LogP contribution in [0.4, 0.5) is 4.39 Å². The summed E-state index contributed by atoms with van der Waals surface area (Å²) in [5.41, 5.74) is 4.09. The maximum Gasteiger partial charge on any atom is 0.155 e. The molecule has 2 aromatic heterocycles. The van der Waals surface area contributed by atoms with Crippen LogP contribution in [-0.4, -0.2) is 20.7 Å². The zero-order valence-corrected chi connectivity index (χ0v) is 13.4. The molecule has 0 saturated carbocycles. The summed E-state index contributed by atoms with van der Waals surface area (Å²) >= 11 is 0. The molecular formula is C20H11FN4O. The minimum Gasteiger partial charge on any atom is -0.298 e.